The molecule has 3 unspecified atom stereocenters. The number of carbonyl (C=O) groups excluding carboxylic acids is 2. The lowest BCUT2D eigenvalue weighted by atomic mass is 9.74. The summed E-state index contributed by atoms with van der Waals surface area (Å²) in [5.41, 5.74) is 0. The van der Waals surface area contributed by atoms with Crippen LogP contribution in [0.5, 0.6) is 0 Å². The van der Waals surface area contributed by atoms with Crippen molar-refractivity contribution in [3.8, 4) is 0 Å². The summed E-state index contributed by atoms with van der Waals surface area (Å²) < 4.78 is 0. The van der Waals surface area contributed by atoms with Crippen LogP contribution in [0.3, 0.4) is 0 Å². The maximum Gasteiger partial charge on any atom is 0.233 e. The van der Waals surface area contributed by atoms with Gasteiger partial charge in [0.15, 0.2) is 0 Å². The Labute approximate surface area is 116 Å². The third kappa shape index (κ3) is 2.75. The average molecular weight is 263 g/mol. The molecule has 0 spiro atoms. The fourth-order valence-corrected chi connectivity index (χ4v) is 3.38. The zero-order valence-electron chi connectivity index (χ0n) is 12.4. The van der Waals surface area contributed by atoms with Gasteiger partial charge in [0, 0.05) is 6.54 Å². The monoisotopic (exact) mass is 263 g/mol. The number of fused-ring (bicyclic) bond motifs is 1. The Morgan fingerprint density at radius 3 is 2.42 bits per heavy atom. The molecular formula is C16H25NO2. The van der Waals surface area contributed by atoms with Gasteiger partial charge in [-0.15, -0.1) is 0 Å². The number of allylic oxidation sites excluding steroid dienone is 2. The Kier molecular flexibility index (Phi) is 4.12. The molecule has 0 radical (unpaired) electrons. The van der Waals surface area contributed by atoms with Crippen molar-refractivity contribution >= 4 is 11.8 Å². The number of rotatable bonds is 4. The van der Waals surface area contributed by atoms with Crippen LogP contribution in [0.4, 0.5) is 0 Å². The van der Waals surface area contributed by atoms with Crippen molar-refractivity contribution in [1.82, 2.24) is 4.90 Å². The van der Waals surface area contributed by atoms with E-state index in [4.69, 9.17) is 0 Å². The first-order valence-corrected chi connectivity index (χ1v) is 7.43. The lowest BCUT2D eigenvalue weighted by Crippen LogP contribution is -2.35. The first-order chi connectivity index (χ1) is 8.91. The van der Waals surface area contributed by atoms with Crippen LogP contribution < -0.4 is 0 Å². The van der Waals surface area contributed by atoms with Gasteiger partial charge in [0.1, 0.15) is 0 Å². The van der Waals surface area contributed by atoms with Crippen molar-refractivity contribution < 1.29 is 9.59 Å². The van der Waals surface area contributed by atoms with E-state index in [0.29, 0.717) is 18.4 Å². The Morgan fingerprint density at radius 1 is 1.16 bits per heavy atom. The molecule has 2 aliphatic rings. The van der Waals surface area contributed by atoms with Crippen LogP contribution in [0.2, 0.25) is 0 Å². The summed E-state index contributed by atoms with van der Waals surface area (Å²) in [7, 11) is 0. The number of hydrogen-bond donors (Lipinski definition) is 0. The topological polar surface area (TPSA) is 37.4 Å². The van der Waals surface area contributed by atoms with E-state index in [1.165, 1.54) is 4.90 Å². The number of amides is 2. The summed E-state index contributed by atoms with van der Waals surface area (Å²) >= 11 is 0. The van der Waals surface area contributed by atoms with E-state index in [1.54, 1.807) is 0 Å². The molecule has 0 aromatic heterocycles. The lowest BCUT2D eigenvalue weighted by molar-refractivity contribution is -0.140. The maximum absolute atomic E-state index is 12.5. The summed E-state index contributed by atoms with van der Waals surface area (Å²) in [6.07, 6.45) is 5.98. The van der Waals surface area contributed by atoms with Crippen LogP contribution in [-0.4, -0.2) is 23.3 Å². The minimum atomic E-state index is -0.0985. The molecule has 3 heteroatoms. The number of carbonyl (C=O) groups is 2. The number of hydrogen-bond acceptors (Lipinski definition) is 2. The van der Waals surface area contributed by atoms with E-state index in [0.717, 1.165) is 12.8 Å². The highest BCUT2D eigenvalue weighted by molar-refractivity contribution is 6.05. The second-order valence-electron chi connectivity index (χ2n) is 6.77. The Hall–Kier alpha value is -1.12. The van der Waals surface area contributed by atoms with Crippen LogP contribution in [0.1, 0.15) is 40.5 Å². The van der Waals surface area contributed by atoms with Crippen molar-refractivity contribution in [2.75, 3.05) is 6.54 Å². The number of nitrogens with zero attached hydrogens (tertiary/aromatic N) is 1. The van der Waals surface area contributed by atoms with Gasteiger partial charge in [0.05, 0.1) is 11.8 Å². The molecule has 3 atom stereocenters. The summed E-state index contributed by atoms with van der Waals surface area (Å²) in [5.74, 6) is 1.06. The first-order valence-electron chi connectivity index (χ1n) is 7.43. The standard InChI is InChI=1S/C16H25NO2/c1-10(2)8-12-6-5-7-13-14(12)16(19)17(15(13)18)9-11(3)4/h5-6,10-14H,7-9H2,1-4H3. The van der Waals surface area contributed by atoms with E-state index in [1.807, 2.05) is 13.8 Å². The summed E-state index contributed by atoms with van der Waals surface area (Å²) in [5, 5.41) is 0. The van der Waals surface area contributed by atoms with E-state index < -0.39 is 0 Å². The third-order valence-electron chi connectivity index (χ3n) is 4.09. The summed E-state index contributed by atoms with van der Waals surface area (Å²) in [6, 6.07) is 0. The zero-order chi connectivity index (χ0) is 14.2. The van der Waals surface area contributed by atoms with E-state index in [9.17, 15) is 9.59 Å². The van der Waals surface area contributed by atoms with Crippen molar-refractivity contribution in [2.45, 2.75) is 40.5 Å². The summed E-state index contributed by atoms with van der Waals surface area (Å²) in [6.45, 7) is 9.01. The molecule has 106 valence electrons. The van der Waals surface area contributed by atoms with Crippen LogP contribution >= 0.6 is 0 Å². The molecule has 0 saturated carbocycles. The lowest BCUT2D eigenvalue weighted by Gasteiger charge is -2.27. The van der Waals surface area contributed by atoms with Gasteiger partial charge in [-0.2, -0.15) is 0 Å². The molecule has 0 aromatic rings. The minimum Gasteiger partial charge on any atom is -0.282 e. The smallest absolute Gasteiger partial charge is 0.233 e. The largest absolute Gasteiger partial charge is 0.282 e. The molecule has 1 fully saturated rings. The van der Waals surface area contributed by atoms with Gasteiger partial charge < -0.3 is 0 Å². The maximum atomic E-state index is 12.5. The highest BCUT2D eigenvalue weighted by Crippen LogP contribution is 2.41. The second-order valence-corrected chi connectivity index (χ2v) is 6.77. The van der Waals surface area contributed by atoms with Crippen molar-refractivity contribution in [2.24, 2.45) is 29.6 Å². The second kappa shape index (κ2) is 5.48. The van der Waals surface area contributed by atoms with Gasteiger partial charge in [-0.25, -0.2) is 0 Å². The van der Waals surface area contributed by atoms with Gasteiger partial charge in [0.25, 0.3) is 0 Å². The first kappa shape index (κ1) is 14.3. The average Bonchev–Trinajstić information content (AvgIpc) is 2.54. The molecule has 2 rings (SSSR count). The normalized spacial score (nSPS) is 30.6. The van der Waals surface area contributed by atoms with Gasteiger partial charge in [-0.1, -0.05) is 39.8 Å². The minimum absolute atomic E-state index is 0.0572. The number of likely N-dealkylation sites (tertiary alicyclic amines) is 1. The zero-order valence-corrected chi connectivity index (χ0v) is 12.4. The van der Waals surface area contributed by atoms with E-state index in [2.05, 4.69) is 26.0 Å². The van der Waals surface area contributed by atoms with E-state index >= 15 is 0 Å². The van der Waals surface area contributed by atoms with Crippen LogP contribution in [0.15, 0.2) is 12.2 Å². The fourth-order valence-electron chi connectivity index (χ4n) is 3.38. The van der Waals surface area contributed by atoms with Gasteiger partial charge >= 0.3 is 0 Å². The Bertz CT molecular complexity index is 398. The van der Waals surface area contributed by atoms with Gasteiger partial charge in [0.2, 0.25) is 11.8 Å². The molecule has 2 amide bonds. The van der Waals surface area contributed by atoms with Crippen LogP contribution in [-0.2, 0) is 9.59 Å². The molecule has 1 aliphatic carbocycles. The molecule has 1 saturated heterocycles. The quantitative estimate of drug-likeness (QED) is 0.578. The fraction of sp³-hybridized carbons (Fsp3) is 0.750. The SMILES string of the molecule is CC(C)CC1C=CCC2C(=O)N(CC(C)C)C(=O)C12. The molecule has 0 bridgehead atoms. The predicted octanol–water partition coefficient (Wildman–Crippen LogP) is 2.87. The molecule has 0 aromatic carbocycles. The van der Waals surface area contributed by atoms with Gasteiger partial charge in [-0.3, -0.25) is 14.5 Å². The highest BCUT2D eigenvalue weighted by Gasteiger charge is 2.50. The third-order valence-corrected chi connectivity index (χ3v) is 4.09. The molecule has 1 heterocycles. The molecule has 1 aliphatic heterocycles. The Balaban J connectivity index is 2.20. The molecule has 19 heavy (non-hydrogen) atoms. The van der Waals surface area contributed by atoms with Crippen LogP contribution in [0.25, 0.3) is 0 Å². The molecular weight excluding hydrogens is 238 g/mol. The van der Waals surface area contributed by atoms with Crippen molar-refractivity contribution in [1.29, 1.82) is 0 Å². The van der Waals surface area contributed by atoms with E-state index in [-0.39, 0.29) is 29.6 Å². The predicted molar refractivity (Wildman–Crippen MR) is 75.2 cm³/mol. The summed E-state index contributed by atoms with van der Waals surface area (Å²) in [4.78, 5) is 26.5. The molecule has 3 nitrogen and oxygen atoms in total. The van der Waals surface area contributed by atoms with Crippen molar-refractivity contribution in [3.05, 3.63) is 12.2 Å². The highest BCUT2D eigenvalue weighted by atomic mass is 16.2. The van der Waals surface area contributed by atoms with Gasteiger partial charge in [-0.05, 0) is 30.6 Å². The molecule has 0 N–H and O–H groups in total. The Morgan fingerprint density at radius 2 is 1.84 bits per heavy atom. The number of imide groups is 1. The van der Waals surface area contributed by atoms with Crippen molar-refractivity contribution in [3.63, 3.8) is 0 Å². The van der Waals surface area contributed by atoms with Crippen LogP contribution in [0, 0.1) is 29.6 Å².